The third-order valence-electron chi connectivity index (χ3n) is 1.90. The molecular formula is C8H12N6O. The summed E-state index contributed by atoms with van der Waals surface area (Å²) in [5.41, 5.74) is 5.97. The average Bonchev–Trinajstić information content (AvgIpc) is 2.85. The number of nitrogens with two attached hydrogens (primary N) is 1. The third kappa shape index (κ3) is 2.01. The standard InChI is InChI=1S/C8H12N6O/c1-2-7-10-8(15-12-7)6-5-14(4-3-9)13-11-6/h5H,2-4,9H2,1H3. The van der Waals surface area contributed by atoms with Crippen LogP contribution < -0.4 is 5.73 Å². The molecule has 0 aliphatic carbocycles. The summed E-state index contributed by atoms with van der Waals surface area (Å²) in [6.07, 6.45) is 2.47. The highest BCUT2D eigenvalue weighted by molar-refractivity contribution is 5.43. The highest BCUT2D eigenvalue weighted by Crippen LogP contribution is 2.12. The Hall–Kier alpha value is -1.76. The molecular weight excluding hydrogens is 196 g/mol. The summed E-state index contributed by atoms with van der Waals surface area (Å²) in [7, 11) is 0. The third-order valence-corrected chi connectivity index (χ3v) is 1.90. The van der Waals surface area contributed by atoms with Crippen LogP contribution in [0.3, 0.4) is 0 Å². The Morgan fingerprint density at radius 2 is 2.40 bits per heavy atom. The second kappa shape index (κ2) is 4.18. The maximum Gasteiger partial charge on any atom is 0.280 e. The first kappa shape index (κ1) is 9.78. The first-order chi connectivity index (χ1) is 7.33. The fraction of sp³-hybridized carbons (Fsp3) is 0.500. The smallest absolute Gasteiger partial charge is 0.280 e. The van der Waals surface area contributed by atoms with E-state index in [1.165, 1.54) is 0 Å². The highest BCUT2D eigenvalue weighted by Gasteiger charge is 2.11. The van der Waals surface area contributed by atoms with Crippen LogP contribution in [0, 0.1) is 0 Å². The summed E-state index contributed by atoms with van der Waals surface area (Å²) < 4.78 is 6.67. The molecule has 2 aromatic rings. The molecule has 0 atom stereocenters. The van der Waals surface area contributed by atoms with Gasteiger partial charge in [-0.3, -0.25) is 4.68 Å². The minimum atomic E-state index is 0.398. The molecule has 0 amide bonds. The lowest BCUT2D eigenvalue weighted by Gasteiger charge is -1.91. The number of rotatable bonds is 4. The van der Waals surface area contributed by atoms with Gasteiger partial charge in [0.15, 0.2) is 11.5 Å². The Kier molecular flexibility index (Phi) is 2.72. The number of hydrogen-bond donors (Lipinski definition) is 1. The molecule has 0 aliphatic rings. The Labute approximate surface area is 86.3 Å². The van der Waals surface area contributed by atoms with Gasteiger partial charge in [-0.2, -0.15) is 4.98 Å². The summed E-state index contributed by atoms with van der Waals surface area (Å²) >= 11 is 0. The fourth-order valence-corrected chi connectivity index (χ4v) is 1.14. The van der Waals surface area contributed by atoms with E-state index < -0.39 is 0 Å². The summed E-state index contributed by atoms with van der Waals surface area (Å²) in [6, 6.07) is 0. The molecule has 0 radical (unpaired) electrons. The van der Waals surface area contributed by atoms with E-state index in [1.807, 2.05) is 6.92 Å². The van der Waals surface area contributed by atoms with Gasteiger partial charge in [0.25, 0.3) is 5.89 Å². The van der Waals surface area contributed by atoms with Crippen molar-refractivity contribution >= 4 is 0 Å². The van der Waals surface area contributed by atoms with Gasteiger partial charge in [0.2, 0.25) is 0 Å². The van der Waals surface area contributed by atoms with Gasteiger partial charge in [-0.1, -0.05) is 17.3 Å². The van der Waals surface area contributed by atoms with Gasteiger partial charge < -0.3 is 10.3 Å². The van der Waals surface area contributed by atoms with E-state index in [1.54, 1.807) is 10.9 Å². The van der Waals surface area contributed by atoms with Gasteiger partial charge in [-0.25, -0.2) is 0 Å². The molecule has 2 aromatic heterocycles. The Bertz CT molecular complexity index is 434. The van der Waals surface area contributed by atoms with Crippen LogP contribution in [-0.2, 0) is 13.0 Å². The van der Waals surface area contributed by atoms with Crippen molar-refractivity contribution in [2.45, 2.75) is 19.9 Å². The molecule has 2 heterocycles. The van der Waals surface area contributed by atoms with Gasteiger partial charge in [0, 0.05) is 13.0 Å². The average molecular weight is 208 g/mol. The SMILES string of the molecule is CCc1noc(-c2cn(CCN)nn2)n1. The topological polar surface area (TPSA) is 95.7 Å². The summed E-state index contributed by atoms with van der Waals surface area (Å²) in [4.78, 5) is 4.15. The van der Waals surface area contributed by atoms with Crippen molar-refractivity contribution < 1.29 is 4.52 Å². The minimum absolute atomic E-state index is 0.398. The van der Waals surface area contributed by atoms with Crippen LogP contribution in [0.1, 0.15) is 12.7 Å². The molecule has 7 heteroatoms. The largest absolute Gasteiger partial charge is 0.332 e. The number of aryl methyl sites for hydroxylation is 1. The summed E-state index contributed by atoms with van der Waals surface area (Å²) in [5.74, 6) is 1.06. The van der Waals surface area contributed by atoms with Gasteiger partial charge in [-0.05, 0) is 0 Å². The zero-order valence-corrected chi connectivity index (χ0v) is 8.42. The van der Waals surface area contributed by atoms with Gasteiger partial charge in [0.05, 0.1) is 12.7 Å². The molecule has 0 unspecified atom stereocenters. The van der Waals surface area contributed by atoms with Crippen molar-refractivity contribution in [3.05, 3.63) is 12.0 Å². The predicted molar refractivity (Wildman–Crippen MR) is 51.7 cm³/mol. The second-order valence-electron chi connectivity index (χ2n) is 3.02. The summed E-state index contributed by atoms with van der Waals surface area (Å²) in [5, 5.41) is 11.6. The molecule has 80 valence electrons. The van der Waals surface area contributed by atoms with Crippen molar-refractivity contribution in [2.75, 3.05) is 6.54 Å². The van der Waals surface area contributed by atoms with Crippen LogP contribution in [0.25, 0.3) is 11.6 Å². The molecule has 7 nitrogen and oxygen atoms in total. The van der Waals surface area contributed by atoms with Crippen molar-refractivity contribution in [2.24, 2.45) is 5.73 Å². The first-order valence-corrected chi connectivity index (χ1v) is 4.76. The molecule has 0 fully saturated rings. The van der Waals surface area contributed by atoms with Crippen LogP contribution in [0.5, 0.6) is 0 Å². The van der Waals surface area contributed by atoms with Gasteiger partial charge >= 0.3 is 0 Å². The van der Waals surface area contributed by atoms with Crippen LogP contribution in [0.15, 0.2) is 10.7 Å². The van der Waals surface area contributed by atoms with Crippen molar-refractivity contribution in [3.8, 4) is 11.6 Å². The van der Waals surface area contributed by atoms with E-state index in [2.05, 4.69) is 20.5 Å². The number of aromatic nitrogens is 5. The van der Waals surface area contributed by atoms with Crippen LogP contribution in [0.4, 0.5) is 0 Å². The van der Waals surface area contributed by atoms with Crippen LogP contribution >= 0.6 is 0 Å². The Morgan fingerprint density at radius 1 is 1.53 bits per heavy atom. The van der Waals surface area contributed by atoms with Crippen LogP contribution in [0.2, 0.25) is 0 Å². The maximum atomic E-state index is 5.39. The molecule has 0 saturated heterocycles. The quantitative estimate of drug-likeness (QED) is 0.750. The Morgan fingerprint density at radius 3 is 3.07 bits per heavy atom. The second-order valence-corrected chi connectivity index (χ2v) is 3.02. The fourth-order valence-electron chi connectivity index (χ4n) is 1.14. The van der Waals surface area contributed by atoms with E-state index in [-0.39, 0.29) is 0 Å². The Balaban J connectivity index is 2.21. The van der Waals surface area contributed by atoms with E-state index in [9.17, 15) is 0 Å². The lowest BCUT2D eigenvalue weighted by atomic mass is 10.4. The molecule has 0 bridgehead atoms. The van der Waals surface area contributed by atoms with Gasteiger partial charge in [0.1, 0.15) is 0 Å². The van der Waals surface area contributed by atoms with E-state index in [0.717, 1.165) is 6.42 Å². The van der Waals surface area contributed by atoms with Crippen LogP contribution in [-0.4, -0.2) is 31.7 Å². The highest BCUT2D eigenvalue weighted by atomic mass is 16.5. The molecule has 0 aromatic carbocycles. The molecule has 2 rings (SSSR count). The molecule has 0 aliphatic heterocycles. The summed E-state index contributed by atoms with van der Waals surface area (Å²) in [6.45, 7) is 3.11. The number of hydrogen-bond acceptors (Lipinski definition) is 6. The molecule has 15 heavy (non-hydrogen) atoms. The lowest BCUT2D eigenvalue weighted by Crippen LogP contribution is -2.10. The zero-order valence-electron chi connectivity index (χ0n) is 8.42. The monoisotopic (exact) mass is 208 g/mol. The molecule has 0 spiro atoms. The lowest BCUT2D eigenvalue weighted by molar-refractivity contribution is 0.422. The van der Waals surface area contributed by atoms with E-state index in [0.29, 0.717) is 30.5 Å². The van der Waals surface area contributed by atoms with Gasteiger partial charge in [-0.15, -0.1) is 5.10 Å². The normalized spacial score (nSPS) is 10.8. The molecule has 2 N–H and O–H groups in total. The van der Waals surface area contributed by atoms with Crippen molar-refractivity contribution in [3.63, 3.8) is 0 Å². The molecule has 0 saturated carbocycles. The zero-order chi connectivity index (χ0) is 10.7. The predicted octanol–water partition coefficient (Wildman–Crippen LogP) is -0.151. The number of nitrogens with zero attached hydrogens (tertiary/aromatic N) is 5. The van der Waals surface area contributed by atoms with E-state index in [4.69, 9.17) is 10.3 Å². The van der Waals surface area contributed by atoms with E-state index >= 15 is 0 Å². The maximum absolute atomic E-state index is 5.39. The first-order valence-electron chi connectivity index (χ1n) is 4.76. The van der Waals surface area contributed by atoms with Crippen molar-refractivity contribution in [1.82, 2.24) is 25.1 Å². The minimum Gasteiger partial charge on any atom is -0.332 e. The van der Waals surface area contributed by atoms with Crippen molar-refractivity contribution in [1.29, 1.82) is 0 Å².